The van der Waals surface area contributed by atoms with Gasteiger partial charge in [-0.05, 0) is 29.5 Å². The fourth-order valence-corrected chi connectivity index (χ4v) is 2.90. The third kappa shape index (κ3) is 7.64. The van der Waals surface area contributed by atoms with E-state index in [1.807, 2.05) is 0 Å². The summed E-state index contributed by atoms with van der Waals surface area (Å²) in [4.78, 5) is 36.8. The second-order valence-electron chi connectivity index (χ2n) is 7.29. The molecule has 6 N–H and O–H groups in total. The fraction of sp³-hybridized carbons (Fsp3) is 0.474. The minimum atomic E-state index is -0.914. The molecule has 1 rings (SSSR count). The number of benzene rings is 1. The number of amides is 3. The molecule has 0 bridgehead atoms. The summed E-state index contributed by atoms with van der Waals surface area (Å²) in [5.74, 6) is -2.54. The summed E-state index contributed by atoms with van der Waals surface area (Å²) in [7, 11) is 0. The molecule has 29 heavy (non-hydrogen) atoms. The molecule has 0 aliphatic carbocycles. The van der Waals surface area contributed by atoms with Crippen LogP contribution in [0.1, 0.15) is 33.3 Å². The zero-order valence-corrected chi connectivity index (χ0v) is 18.3. The largest absolute Gasteiger partial charge is 0.343 e. The van der Waals surface area contributed by atoms with Crippen LogP contribution < -0.4 is 21.7 Å². The molecule has 2 atom stereocenters. The monoisotopic (exact) mass is 443 g/mol. The second-order valence-corrected chi connectivity index (χ2v) is 8.10. The molecule has 0 heterocycles. The van der Waals surface area contributed by atoms with Gasteiger partial charge in [-0.2, -0.15) is 0 Å². The van der Waals surface area contributed by atoms with Gasteiger partial charge in [-0.25, -0.2) is 0 Å². The molecule has 1 aromatic carbocycles. The molecule has 10 heteroatoms. The Hall–Kier alpha value is -2.16. The van der Waals surface area contributed by atoms with E-state index in [1.165, 1.54) is 0 Å². The van der Waals surface area contributed by atoms with Crippen LogP contribution >= 0.6 is 23.2 Å². The van der Waals surface area contributed by atoms with E-state index in [2.05, 4.69) is 16.0 Å². The van der Waals surface area contributed by atoms with Crippen LogP contribution in [0, 0.1) is 17.2 Å². The molecule has 0 aliphatic rings. The number of rotatable bonds is 7. The zero-order valence-electron chi connectivity index (χ0n) is 16.8. The molecule has 0 radical (unpaired) electrons. The highest BCUT2D eigenvalue weighted by molar-refractivity contribution is 6.36. The summed E-state index contributed by atoms with van der Waals surface area (Å²) in [6.45, 7) is 7.08. The van der Waals surface area contributed by atoms with Crippen molar-refractivity contribution in [3.8, 4) is 0 Å². The van der Waals surface area contributed by atoms with Gasteiger partial charge < -0.3 is 11.1 Å². The highest BCUT2D eigenvalue weighted by Crippen LogP contribution is 2.24. The first kappa shape index (κ1) is 24.9. The number of nitrogens with two attached hydrogens (primary N) is 1. The number of carbonyl (C=O) groups is 3. The molecule has 3 amide bonds. The van der Waals surface area contributed by atoms with Crippen LogP contribution in [0.25, 0.3) is 0 Å². The summed E-state index contributed by atoms with van der Waals surface area (Å²) < 4.78 is 0. The van der Waals surface area contributed by atoms with Crippen LogP contribution in [0.3, 0.4) is 0 Å². The molecule has 160 valence electrons. The average molecular weight is 444 g/mol. The highest BCUT2D eigenvalue weighted by Gasteiger charge is 2.28. The van der Waals surface area contributed by atoms with Gasteiger partial charge in [0.15, 0.2) is 0 Å². The standard InChI is InChI=1S/C19H27Cl2N5O3/c1-9(2)15(22)17(28)25-16(10(3)4)18(29)26-19(23)24-14(27)8-11-12(20)6-5-7-13(11)21/h5-7,9-10,15-16H,8,22H2,1-4H3,(H,25,28)(H3,23,24,26,27,29)/t15-,16-/m1/s1. The second kappa shape index (κ2) is 11.1. The Kier molecular flexibility index (Phi) is 9.55. The van der Waals surface area contributed by atoms with Gasteiger partial charge in [0, 0.05) is 10.0 Å². The minimum Gasteiger partial charge on any atom is -0.343 e. The summed E-state index contributed by atoms with van der Waals surface area (Å²) in [5.41, 5.74) is 6.23. The van der Waals surface area contributed by atoms with Gasteiger partial charge in [0.1, 0.15) is 6.04 Å². The first-order valence-electron chi connectivity index (χ1n) is 9.12. The van der Waals surface area contributed by atoms with Crippen LogP contribution in [0.15, 0.2) is 18.2 Å². The lowest BCUT2D eigenvalue weighted by Crippen LogP contribution is -2.57. The van der Waals surface area contributed by atoms with E-state index in [0.717, 1.165) is 0 Å². The van der Waals surface area contributed by atoms with Crippen molar-refractivity contribution in [2.24, 2.45) is 17.6 Å². The van der Waals surface area contributed by atoms with Crippen molar-refractivity contribution in [2.45, 2.75) is 46.2 Å². The molecular weight excluding hydrogens is 417 g/mol. The number of halogens is 2. The SMILES string of the molecule is CC(C)[C@@H](N)C(=O)N[C@@H](C(=O)NC(=N)NC(=O)Cc1c(Cl)cccc1Cl)C(C)C. The lowest BCUT2D eigenvalue weighted by Gasteiger charge is -2.24. The van der Waals surface area contributed by atoms with Gasteiger partial charge in [0.25, 0.3) is 0 Å². The first-order valence-corrected chi connectivity index (χ1v) is 9.87. The molecule has 0 unspecified atom stereocenters. The molecule has 0 saturated heterocycles. The Morgan fingerprint density at radius 2 is 1.55 bits per heavy atom. The van der Waals surface area contributed by atoms with Gasteiger partial charge in [0.05, 0.1) is 12.5 Å². The fourth-order valence-electron chi connectivity index (χ4n) is 2.36. The molecule has 0 aliphatic heterocycles. The lowest BCUT2D eigenvalue weighted by atomic mass is 10.0. The Balaban J connectivity index is 2.69. The van der Waals surface area contributed by atoms with E-state index in [-0.39, 0.29) is 18.3 Å². The van der Waals surface area contributed by atoms with Crippen molar-refractivity contribution in [1.29, 1.82) is 5.41 Å². The Morgan fingerprint density at radius 3 is 2.03 bits per heavy atom. The number of guanidine groups is 1. The molecule has 8 nitrogen and oxygen atoms in total. The van der Waals surface area contributed by atoms with Crippen LogP contribution in [0.5, 0.6) is 0 Å². The summed E-state index contributed by atoms with van der Waals surface area (Å²) >= 11 is 12.1. The number of hydrogen-bond acceptors (Lipinski definition) is 5. The Bertz CT molecular complexity index is 763. The van der Waals surface area contributed by atoms with Gasteiger partial charge >= 0.3 is 0 Å². The maximum absolute atomic E-state index is 12.5. The predicted octanol–water partition coefficient (Wildman–Crippen LogP) is 1.83. The van der Waals surface area contributed by atoms with E-state index in [1.54, 1.807) is 45.9 Å². The average Bonchev–Trinajstić information content (AvgIpc) is 2.61. The number of nitrogens with one attached hydrogen (secondary N) is 4. The molecule has 0 aromatic heterocycles. The smallest absolute Gasteiger partial charge is 0.249 e. The molecule has 0 saturated carbocycles. The quantitative estimate of drug-likeness (QED) is 0.324. The van der Waals surface area contributed by atoms with Crippen molar-refractivity contribution in [3.05, 3.63) is 33.8 Å². The van der Waals surface area contributed by atoms with Crippen LogP contribution in [-0.2, 0) is 20.8 Å². The van der Waals surface area contributed by atoms with Gasteiger partial charge in [0.2, 0.25) is 23.7 Å². The van der Waals surface area contributed by atoms with Crippen molar-refractivity contribution in [3.63, 3.8) is 0 Å². The van der Waals surface area contributed by atoms with E-state index in [0.29, 0.717) is 15.6 Å². The van der Waals surface area contributed by atoms with E-state index in [9.17, 15) is 14.4 Å². The molecule has 0 fully saturated rings. The molecular formula is C19H27Cl2N5O3. The maximum Gasteiger partial charge on any atom is 0.249 e. The van der Waals surface area contributed by atoms with E-state index in [4.69, 9.17) is 34.3 Å². The minimum absolute atomic E-state index is 0.0971. The van der Waals surface area contributed by atoms with Crippen LogP contribution in [-0.4, -0.2) is 35.8 Å². The van der Waals surface area contributed by atoms with Crippen molar-refractivity contribution >= 4 is 46.9 Å². The van der Waals surface area contributed by atoms with E-state index < -0.39 is 35.8 Å². The summed E-state index contributed by atoms with van der Waals surface area (Å²) in [6, 6.07) is 3.17. The molecule has 1 aromatic rings. The Morgan fingerprint density at radius 1 is 1.00 bits per heavy atom. The third-order valence-electron chi connectivity index (χ3n) is 4.18. The topological polar surface area (TPSA) is 137 Å². The summed E-state index contributed by atoms with van der Waals surface area (Å²) in [6.07, 6.45) is -0.162. The van der Waals surface area contributed by atoms with Crippen LogP contribution in [0.4, 0.5) is 0 Å². The summed E-state index contributed by atoms with van der Waals surface area (Å²) in [5, 5.41) is 15.6. The maximum atomic E-state index is 12.5. The zero-order chi connectivity index (χ0) is 22.3. The predicted molar refractivity (Wildman–Crippen MR) is 114 cm³/mol. The number of hydrogen-bond donors (Lipinski definition) is 5. The number of carbonyl (C=O) groups excluding carboxylic acids is 3. The Labute approximate surface area is 180 Å². The van der Waals surface area contributed by atoms with Crippen molar-refractivity contribution in [2.75, 3.05) is 0 Å². The first-order chi connectivity index (χ1) is 13.4. The third-order valence-corrected chi connectivity index (χ3v) is 4.89. The van der Waals surface area contributed by atoms with Crippen molar-refractivity contribution in [1.82, 2.24) is 16.0 Å². The molecule has 0 spiro atoms. The van der Waals surface area contributed by atoms with Gasteiger partial charge in [-0.15, -0.1) is 0 Å². The van der Waals surface area contributed by atoms with Crippen LogP contribution in [0.2, 0.25) is 10.0 Å². The normalized spacial score (nSPS) is 13.0. The lowest BCUT2D eigenvalue weighted by molar-refractivity contribution is -0.130. The van der Waals surface area contributed by atoms with E-state index >= 15 is 0 Å². The highest BCUT2D eigenvalue weighted by atomic mass is 35.5. The van der Waals surface area contributed by atoms with Crippen molar-refractivity contribution < 1.29 is 14.4 Å². The van der Waals surface area contributed by atoms with Gasteiger partial charge in [-0.1, -0.05) is 57.0 Å². The van der Waals surface area contributed by atoms with Gasteiger partial charge in [-0.3, -0.25) is 30.4 Å².